The van der Waals surface area contributed by atoms with Crippen molar-refractivity contribution in [2.24, 2.45) is 0 Å². The van der Waals surface area contributed by atoms with Gasteiger partial charge < -0.3 is 15.0 Å². The third-order valence-corrected chi connectivity index (χ3v) is 0.183. The number of carboxylic acid groups (broad SMARTS) is 2. The summed E-state index contributed by atoms with van der Waals surface area (Å²) < 4.78 is 0. The van der Waals surface area contributed by atoms with Gasteiger partial charge in [0.15, 0.2) is 0 Å². The molecule has 0 aromatic carbocycles. The second kappa shape index (κ2) is 5.61. The molecular formula is C3H4O5. The topological polar surface area (TPSA) is 91.7 Å². The molecule has 0 aliphatic rings. The van der Waals surface area contributed by atoms with E-state index < -0.39 is 11.9 Å². The molecule has 0 radical (unpaired) electrons. The van der Waals surface area contributed by atoms with Crippen LogP contribution < -0.4 is 0 Å². The average Bonchev–Trinajstić information content (AvgIpc) is 1.72. The van der Waals surface area contributed by atoms with Gasteiger partial charge in [-0.05, 0) is 0 Å². The molecule has 0 aliphatic heterocycles. The van der Waals surface area contributed by atoms with Gasteiger partial charge in [0.25, 0.3) is 0 Å². The molecule has 0 saturated heterocycles. The van der Waals surface area contributed by atoms with Gasteiger partial charge in [0.2, 0.25) is 0 Å². The fraction of sp³-hybridized carbons (Fsp3) is 0. The van der Waals surface area contributed by atoms with Gasteiger partial charge in [0.05, 0.1) is 0 Å². The van der Waals surface area contributed by atoms with Crippen LogP contribution in [0.15, 0.2) is 0 Å². The van der Waals surface area contributed by atoms with E-state index in [2.05, 4.69) is 0 Å². The van der Waals surface area contributed by atoms with E-state index in [1.54, 1.807) is 0 Å². The van der Waals surface area contributed by atoms with Crippen LogP contribution in [0.25, 0.3) is 0 Å². The summed E-state index contributed by atoms with van der Waals surface area (Å²) in [6, 6.07) is 0. The van der Waals surface area contributed by atoms with E-state index in [1.807, 2.05) is 6.79 Å². The van der Waals surface area contributed by atoms with Gasteiger partial charge in [0.1, 0.15) is 6.79 Å². The Morgan fingerprint density at radius 2 is 1.12 bits per heavy atom. The standard InChI is InChI=1S/C2H2O4.CH2O/c3-1(4)2(5)6;1-2/h(H,3,4)(H,5,6);1H2. The first kappa shape index (κ1) is 9.79. The predicted octanol–water partition coefficient (Wildman–Crippen LogP) is -1.03. The third kappa shape index (κ3) is 8.82. The van der Waals surface area contributed by atoms with Crippen LogP contribution in [0.3, 0.4) is 0 Å². The minimum absolute atomic E-state index is 1.82. The Morgan fingerprint density at radius 3 is 1.12 bits per heavy atom. The molecule has 0 amide bonds. The highest BCUT2D eigenvalue weighted by Crippen LogP contribution is 1.56. The third-order valence-electron chi connectivity index (χ3n) is 0.183. The maximum atomic E-state index is 9.10. The van der Waals surface area contributed by atoms with Gasteiger partial charge in [-0.25, -0.2) is 9.59 Å². The van der Waals surface area contributed by atoms with E-state index in [9.17, 15) is 0 Å². The molecule has 5 heteroatoms. The molecule has 0 rings (SSSR count). The molecule has 0 unspecified atom stereocenters. The Bertz CT molecular complexity index is 83.8. The van der Waals surface area contributed by atoms with Gasteiger partial charge in [-0.15, -0.1) is 0 Å². The van der Waals surface area contributed by atoms with Gasteiger partial charge in [-0.3, -0.25) is 0 Å². The predicted molar refractivity (Wildman–Crippen MR) is 22.4 cm³/mol. The Kier molecular flexibility index (Phi) is 6.86. The van der Waals surface area contributed by atoms with E-state index in [4.69, 9.17) is 24.6 Å². The van der Waals surface area contributed by atoms with Crippen molar-refractivity contribution < 1.29 is 24.6 Å². The van der Waals surface area contributed by atoms with Crippen molar-refractivity contribution in [3.8, 4) is 0 Å². The van der Waals surface area contributed by atoms with Crippen LogP contribution in [0.2, 0.25) is 0 Å². The van der Waals surface area contributed by atoms with Crippen LogP contribution in [0.4, 0.5) is 0 Å². The van der Waals surface area contributed by atoms with Crippen LogP contribution in [0.1, 0.15) is 0 Å². The van der Waals surface area contributed by atoms with Crippen molar-refractivity contribution in [2.45, 2.75) is 0 Å². The quantitative estimate of drug-likeness (QED) is 0.399. The first-order valence-corrected chi connectivity index (χ1v) is 1.39. The summed E-state index contributed by atoms with van der Waals surface area (Å²) in [4.78, 5) is 26.2. The molecule has 0 aromatic heterocycles. The van der Waals surface area contributed by atoms with E-state index in [1.165, 1.54) is 0 Å². The van der Waals surface area contributed by atoms with Crippen molar-refractivity contribution in [1.29, 1.82) is 0 Å². The lowest BCUT2D eigenvalue weighted by Gasteiger charge is -1.72. The highest BCUT2D eigenvalue weighted by atomic mass is 16.4. The summed E-state index contributed by atoms with van der Waals surface area (Å²) in [5.41, 5.74) is 0. The summed E-state index contributed by atoms with van der Waals surface area (Å²) in [5, 5.41) is 14.8. The smallest absolute Gasteiger partial charge is 0.414 e. The van der Waals surface area contributed by atoms with E-state index in [0.717, 1.165) is 0 Å². The fourth-order valence-electron chi connectivity index (χ4n) is 0. The normalized spacial score (nSPS) is 6.00. The Labute approximate surface area is 44.5 Å². The minimum Gasteiger partial charge on any atom is -0.473 e. The minimum atomic E-state index is -1.82. The Hall–Kier alpha value is -1.39. The van der Waals surface area contributed by atoms with Gasteiger partial charge in [0, 0.05) is 0 Å². The number of carbonyl (C=O) groups excluding carboxylic acids is 1. The zero-order valence-electron chi connectivity index (χ0n) is 3.83. The molecule has 0 saturated carbocycles. The molecule has 46 valence electrons. The highest BCUT2D eigenvalue weighted by Gasteiger charge is 2.04. The number of hydrogen-bond donors (Lipinski definition) is 2. The monoisotopic (exact) mass is 120 g/mol. The SMILES string of the molecule is C=O.O=C(O)C(=O)O. The zero-order valence-corrected chi connectivity index (χ0v) is 3.83. The summed E-state index contributed by atoms with van der Waals surface area (Å²) in [7, 11) is 0. The second-order valence-electron chi connectivity index (χ2n) is 0.610. The largest absolute Gasteiger partial charge is 0.473 e. The molecular weight excluding hydrogens is 116 g/mol. The second-order valence-corrected chi connectivity index (χ2v) is 0.610. The summed E-state index contributed by atoms with van der Waals surface area (Å²) in [6.07, 6.45) is 0. The van der Waals surface area contributed by atoms with Crippen molar-refractivity contribution in [3.63, 3.8) is 0 Å². The van der Waals surface area contributed by atoms with Crippen LogP contribution >= 0.6 is 0 Å². The number of carbonyl (C=O) groups is 3. The molecule has 8 heavy (non-hydrogen) atoms. The maximum Gasteiger partial charge on any atom is 0.414 e. The first-order valence-electron chi connectivity index (χ1n) is 1.39. The van der Waals surface area contributed by atoms with E-state index in [-0.39, 0.29) is 0 Å². The van der Waals surface area contributed by atoms with Crippen molar-refractivity contribution in [1.82, 2.24) is 0 Å². The lowest BCUT2D eigenvalue weighted by Crippen LogP contribution is -2.09. The van der Waals surface area contributed by atoms with Gasteiger partial charge >= 0.3 is 11.9 Å². The maximum absolute atomic E-state index is 9.10. The number of carboxylic acids is 2. The molecule has 2 N–H and O–H groups in total. The summed E-state index contributed by atoms with van der Waals surface area (Å²) >= 11 is 0. The van der Waals surface area contributed by atoms with E-state index in [0.29, 0.717) is 0 Å². The first-order chi connectivity index (χ1) is 3.64. The molecule has 5 nitrogen and oxygen atoms in total. The van der Waals surface area contributed by atoms with Gasteiger partial charge in [-0.2, -0.15) is 0 Å². The molecule has 0 aliphatic carbocycles. The molecule has 0 fully saturated rings. The van der Waals surface area contributed by atoms with E-state index >= 15 is 0 Å². The Morgan fingerprint density at radius 1 is 1.00 bits per heavy atom. The molecule has 0 heterocycles. The fourth-order valence-corrected chi connectivity index (χ4v) is 0. The number of aliphatic carboxylic acids is 2. The highest BCUT2D eigenvalue weighted by molar-refractivity contribution is 6.27. The van der Waals surface area contributed by atoms with Crippen molar-refractivity contribution in [3.05, 3.63) is 0 Å². The molecule has 0 bridgehead atoms. The molecule has 0 atom stereocenters. The Balaban J connectivity index is 0. The zero-order chi connectivity index (χ0) is 7.15. The average molecular weight is 120 g/mol. The van der Waals surface area contributed by atoms with Crippen molar-refractivity contribution >= 4 is 18.7 Å². The lowest BCUT2D eigenvalue weighted by molar-refractivity contribution is -0.159. The lowest BCUT2D eigenvalue weighted by atomic mass is 10.7. The molecule has 0 aromatic rings. The summed E-state index contributed by atoms with van der Waals surface area (Å²) in [5.74, 6) is -3.65. The van der Waals surface area contributed by atoms with Crippen LogP contribution in [0.5, 0.6) is 0 Å². The van der Waals surface area contributed by atoms with Gasteiger partial charge in [-0.1, -0.05) is 0 Å². The van der Waals surface area contributed by atoms with Crippen molar-refractivity contribution in [2.75, 3.05) is 0 Å². The van der Waals surface area contributed by atoms with Crippen LogP contribution in [-0.2, 0) is 14.4 Å². The van der Waals surface area contributed by atoms with Crippen LogP contribution in [0, 0.1) is 0 Å². The van der Waals surface area contributed by atoms with Crippen LogP contribution in [-0.4, -0.2) is 28.9 Å². The number of rotatable bonds is 0. The molecule has 0 spiro atoms. The number of hydrogen-bond acceptors (Lipinski definition) is 3. The summed E-state index contributed by atoms with van der Waals surface area (Å²) in [6.45, 7) is 2.00.